The molecule has 3 rings (SSSR count). The summed E-state index contributed by atoms with van der Waals surface area (Å²) < 4.78 is 3.16. The van der Waals surface area contributed by atoms with E-state index in [-0.39, 0.29) is 0 Å². The quantitative estimate of drug-likeness (QED) is 0.706. The molecule has 3 nitrogen and oxygen atoms in total. The van der Waals surface area contributed by atoms with Crippen molar-refractivity contribution >= 4 is 32.5 Å². The Morgan fingerprint density at radius 3 is 2.71 bits per heavy atom. The number of halogens is 1. The largest absolute Gasteiger partial charge is 0.378 e. The average Bonchev–Trinajstić information content (AvgIpc) is 2.73. The molecule has 0 aliphatic rings. The Morgan fingerprint density at radius 2 is 2.00 bits per heavy atom. The lowest BCUT2D eigenvalue weighted by molar-refractivity contribution is 0.861. The molecule has 4 heteroatoms. The van der Waals surface area contributed by atoms with E-state index in [4.69, 9.17) is 0 Å². The number of anilines is 1. The molecule has 2 heterocycles. The Bertz CT molecular complexity index is 766. The SMILES string of the molecule is Cc1cc(NCc2c(C)c3ccccc3n2C)cnc1Br. The predicted octanol–water partition coefficient (Wildman–Crippen LogP) is 4.56. The number of hydrogen-bond donors (Lipinski definition) is 1. The van der Waals surface area contributed by atoms with Crippen LogP contribution in [0.4, 0.5) is 5.69 Å². The first-order valence-electron chi connectivity index (χ1n) is 6.97. The lowest BCUT2D eigenvalue weighted by atomic mass is 10.1. The third-order valence-corrected chi connectivity index (χ3v) is 4.81. The molecule has 0 atom stereocenters. The van der Waals surface area contributed by atoms with Gasteiger partial charge in [-0.05, 0) is 53.0 Å². The first-order valence-corrected chi connectivity index (χ1v) is 7.76. The number of para-hydroxylation sites is 1. The molecule has 3 aromatic rings. The van der Waals surface area contributed by atoms with Crippen LogP contribution in [0.25, 0.3) is 10.9 Å². The van der Waals surface area contributed by atoms with Crippen LogP contribution in [0, 0.1) is 13.8 Å². The zero-order valence-electron chi connectivity index (χ0n) is 12.4. The molecule has 1 N–H and O–H groups in total. The Balaban J connectivity index is 1.90. The number of nitrogens with one attached hydrogen (secondary N) is 1. The van der Waals surface area contributed by atoms with E-state index in [0.717, 1.165) is 22.4 Å². The topological polar surface area (TPSA) is 29.9 Å². The van der Waals surface area contributed by atoms with Crippen molar-refractivity contribution in [2.75, 3.05) is 5.32 Å². The second-order valence-electron chi connectivity index (χ2n) is 5.33. The fourth-order valence-electron chi connectivity index (χ4n) is 2.73. The number of nitrogens with zero attached hydrogens (tertiary/aromatic N) is 2. The van der Waals surface area contributed by atoms with Crippen LogP contribution in [-0.4, -0.2) is 9.55 Å². The molecule has 0 aliphatic heterocycles. The maximum absolute atomic E-state index is 4.33. The van der Waals surface area contributed by atoms with Gasteiger partial charge in [0.1, 0.15) is 4.60 Å². The minimum Gasteiger partial charge on any atom is -0.378 e. The monoisotopic (exact) mass is 343 g/mol. The van der Waals surface area contributed by atoms with Gasteiger partial charge in [0.25, 0.3) is 0 Å². The van der Waals surface area contributed by atoms with Gasteiger partial charge in [0.05, 0.1) is 18.4 Å². The molecule has 2 aromatic heterocycles. The number of pyridine rings is 1. The number of fused-ring (bicyclic) bond motifs is 1. The van der Waals surface area contributed by atoms with E-state index >= 15 is 0 Å². The molecule has 0 spiro atoms. The molecule has 0 saturated carbocycles. The van der Waals surface area contributed by atoms with Crippen molar-refractivity contribution in [3.05, 3.63) is 58.0 Å². The molecule has 0 unspecified atom stereocenters. The van der Waals surface area contributed by atoms with Crippen molar-refractivity contribution < 1.29 is 0 Å². The van der Waals surface area contributed by atoms with Crippen molar-refractivity contribution in [3.63, 3.8) is 0 Å². The smallest absolute Gasteiger partial charge is 0.109 e. The lowest BCUT2D eigenvalue weighted by Crippen LogP contribution is -2.06. The van der Waals surface area contributed by atoms with E-state index in [2.05, 4.69) is 75.1 Å². The molecule has 0 amide bonds. The highest BCUT2D eigenvalue weighted by molar-refractivity contribution is 9.10. The molecule has 108 valence electrons. The van der Waals surface area contributed by atoms with Crippen molar-refractivity contribution in [3.8, 4) is 0 Å². The molecular formula is C17H18BrN3. The van der Waals surface area contributed by atoms with Crippen LogP contribution < -0.4 is 5.32 Å². The van der Waals surface area contributed by atoms with E-state index in [1.807, 2.05) is 13.1 Å². The summed E-state index contributed by atoms with van der Waals surface area (Å²) in [7, 11) is 2.12. The summed E-state index contributed by atoms with van der Waals surface area (Å²) in [5.41, 5.74) is 6.09. The van der Waals surface area contributed by atoms with E-state index < -0.39 is 0 Å². The van der Waals surface area contributed by atoms with Gasteiger partial charge in [-0.3, -0.25) is 0 Å². The number of benzene rings is 1. The highest BCUT2D eigenvalue weighted by Crippen LogP contribution is 2.25. The van der Waals surface area contributed by atoms with Gasteiger partial charge < -0.3 is 9.88 Å². The fraction of sp³-hybridized carbons (Fsp3) is 0.235. The maximum atomic E-state index is 4.33. The van der Waals surface area contributed by atoms with Gasteiger partial charge in [-0.2, -0.15) is 0 Å². The van der Waals surface area contributed by atoms with Crippen molar-refractivity contribution in [1.82, 2.24) is 9.55 Å². The van der Waals surface area contributed by atoms with E-state index in [1.165, 1.54) is 22.2 Å². The first-order chi connectivity index (χ1) is 10.1. The van der Waals surface area contributed by atoms with E-state index in [0.29, 0.717) is 0 Å². The fourth-order valence-corrected chi connectivity index (χ4v) is 2.94. The number of hydrogen-bond acceptors (Lipinski definition) is 2. The molecule has 1 aromatic carbocycles. The Kier molecular flexibility index (Phi) is 3.72. The minimum atomic E-state index is 0.791. The van der Waals surface area contributed by atoms with Gasteiger partial charge in [-0.15, -0.1) is 0 Å². The number of aryl methyl sites for hydroxylation is 3. The third kappa shape index (κ3) is 2.56. The normalized spacial score (nSPS) is 11.0. The summed E-state index contributed by atoms with van der Waals surface area (Å²) in [4.78, 5) is 4.33. The zero-order valence-corrected chi connectivity index (χ0v) is 14.0. The van der Waals surface area contributed by atoms with Gasteiger partial charge in [0.15, 0.2) is 0 Å². The predicted molar refractivity (Wildman–Crippen MR) is 91.7 cm³/mol. The number of rotatable bonds is 3. The van der Waals surface area contributed by atoms with Crippen LogP contribution in [0.5, 0.6) is 0 Å². The first kappa shape index (κ1) is 14.1. The van der Waals surface area contributed by atoms with Crippen LogP contribution in [0.1, 0.15) is 16.8 Å². The molecular weight excluding hydrogens is 326 g/mol. The van der Waals surface area contributed by atoms with E-state index in [9.17, 15) is 0 Å². The van der Waals surface area contributed by atoms with E-state index in [1.54, 1.807) is 0 Å². The third-order valence-electron chi connectivity index (χ3n) is 3.98. The summed E-state index contributed by atoms with van der Waals surface area (Å²) >= 11 is 3.43. The van der Waals surface area contributed by atoms with Crippen LogP contribution in [0.2, 0.25) is 0 Å². The second kappa shape index (κ2) is 5.53. The van der Waals surface area contributed by atoms with Gasteiger partial charge in [0, 0.05) is 23.6 Å². The average molecular weight is 344 g/mol. The molecule has 0 aliphatic carbocycles. The molecule has 0 radical (unpaired) electrons. The zero-order chi connectivity index (χ0) is 15.0. The van der Waals surface area contributed by atoms with Crippen LogP contribution in [0.15, 0.2) is 41.1 Å². The molecule has 21 heavy (non-hydrogen) atoms. The minimum absolute atomic E-state index is 0.791. The Hall–Kier alpha value is -1.81. The Labute approximate surface area is 133 Å². The molecule has 0 saturated heterocycles. The van der Waals surface area contributed by atoms with Crippen molar-refractivity contribution in [2.24, 2.45) is 7.05 Å². The number of aromatic nitrogens is 2. The standard InChI is InChI=1S/C17H18BrN3/c1-11-8-13(9-20-17(11)18)19-10-16-12(2)14-6-4-5-7-15(14)21(16)3/h4-9,19H,10H2,1-3H3. The summed E-state index contributed by atoms with van der Waals surface area (Å²) in [6.45, 7) is 5.02. The summed E-state index contributed by atoms with van der Waals surface area (Å²) in [5.74, 6) is 0. The van der Waals surface area contributed by atoms with Gasteiger partial charge >= 0.3 is 0 Å². The highest BCUT2D eigenvalue weighted by Gasteiger charge is 2.10. The maximum Gasteiger partial charge on any atom is 0.109 e. The van der Waals surface area contributed by atoms with Crippen molar-refractivity contribution in [1.29, 1.82) is 0 Å². The van der Waals surface area contributed by atoms with Crippen molar-refractivity contribution in [2.45, 2.75) is 20.4 Å². The summed E-state index contributed by atoms with van der Waals surface area (Å²) in [5, 5.41) is 4.79. The van der Waals surface area contributed by atoms with Crippen LogP contribution >= 0.6 is 15.9 Å². The van der Waals surface area contributed by atoms with Gasteiger partial charge in [0.2, 0.25) is 0 Å². The molecule has 0 bridgehead atoms. The Morgan fingerprint density at radius 1 is 1.24 bits per heavy atom. The summed E-state index contributed by atoms with van der Waals surface area (Å²) in [6, 6.07) is 10.6. The molecule has 0 fully saturated rings. The second-order valence-corrected chi connectivity index (χ2v) is 6.08. The summed E-state index contributed by atoms with van der Waals surface area (Å²) in [6.07, 6.45) is 1.86. The van der Waals surface area contributed by atoms with Gasteiger partial charge in [-0.1, -0.05) is 18.2 Å². The lowest BCUT2D eigenvalue weighted by Gasteiger charge is -2.10. The highest BCUT2D eigenvalue weighted by atomic mass is 79.9. The van der Waals surface area contributed by atoms with Crippen LogP contribution in [0.3, 0.4) is 0 Å². The van der Waals surface area contributed by atoms with Gasteiger partial charge in [-0.25, -0.2) is 4.98 Å². The van der Waals surface area contributed by atoms with Crippen LogP contribution in [-0.2, 0) is 13.6 Å².